The third-order valence-electron chi connectivity index (χ3n) is 3.05. The van der Waals surface area contributed by atoms with Crippen molar-refractivity contribution in [2.24, 2.45) is 0 Å². The first-order valence-corrected chi connectivity index (χ1v) is 6.13. The Morgan fingerprint density at radius 3 is 2.74 bits per heavy atom. The summed E-state index contributed by atoms with van der Waals surface area (Å²) in [4.78, 5) is 1.87. The van der Waals surface area contributed by atoms with Crippen molar-refractivity contribution in [1.29, 1.82) is 0 Å². The minimum atomic E-state index is -0.220. The fraction of sp³-hybridized carbons (Fsp3) is 0.200. The minimum Gasteiger partial charge on any atom is -0.377 e. The SMILES string of the molecule is C=C1C(Cl)=C[C-]=C(c2ccc(F)cc2CC)N1C.[Y]. The summed E-state index contributed by atoms with van der Waals surface area (Å²) in [6, 6.07) is 4.79. The third-order valence-corrected chi connectivity index (χ3v) is 3.38. The fourth-order valence-corrected chi connectivity index (χ4v) is 2.13. The van der Waals surface area contributed by atoms with Gasteiger partial charge in [-0.1, -0.05) is 30.3 Å². The van der Waals surface area contributed by atoms with Crippen LogP contribution in [0, 0.1) is 11.9 Å². The molecule has 1 aliphatic rings. The van der Waals surface area contributed by atoms with Crippen LogP contribution in [0.5, 0.6) is 0 Å². The molecule has 0 atom stereocenters. The van der Waals surface area contributed by atoms with Crippen molar-refractivity contribution in [2.75, 3.05) is 7.05 Å². The van der Waals surface area contributed by atoms with Gasteiger partial charge in [0.05, 0.1) is 0 Å². The molecule has 1 radical (unpaired) electrons. The molecule has 0 bridgehead atoms. The van der Waals surface area contributed by atoms with Gasteiger partial charge in [-0.25, -0.2) is 4.39 Å². The summed E-state index contributed by atoms with van der Waals surface area (Å²) in [6.45, 7) is 5.92. The molecule has 19 heavy (non-hydrogen) atoms. The maximum absolute atomic E-state index is 13.2. The first-order chi connectivity index (χ1) is 8.54. The fourth-order valence-electron chi connectivity index (χ4n) is 1.95. The molecule has 97 valence electrons. The van der Waals surface area contributed by atoms with E-state index in [1.807, 2.05) is 18.9 Å². The molecule has 1 aliphatic heterocycles. The molecule has 0 fully saturated rings. The molecule has 0 aliphatic carbocycles. The van der Waals surface area contributed by atoms with E-state index in [0.717, 1.165) is 28.9 Å². The maximum Gasteiger partial charge on any atom is 0.121 e. The standard InChI is InChI=1S/C15H14ClFN.Y/c1-4-11-9-12(17)5-6-13(11)15-8-7-14(16)10(2)18(15)3;/h5-7,9H,2,4H2,1,3H3;/q-1;. The van der Waals surface area contributed by atoms with Crippen LogP contribution in [0.2, 0.25) is 0 Å². The summed E-state index contributed by atoms with van der Waals surface area (Å²) in [5.74, 6) is -0.220. The Morgan fingerprint density at radius 1 is 1.42 bits per heavy atom. The molecular weight excluding hydrogens is 338 g/mol. The van der Waals surface area contributed by atoms with Gasteiger partial charge in [0.15, 0.2) is 0 Å². The Morgan fingerprint density at radius 2 is 2.11 bits per heavy atom. The van der Waals surface area contributed by atoms with Crippen LogP contribution in [0.3, 0.4) is 0 Å². The normalized spacial score (nSPS) is 14.7. The Balaban J connectivity index is 0.00000180. The largest absolute Gasteiger partial charge is 0.377 e. The van der Waals surface area contributed by atoms with Crippen molar-refractivity contribution in [1.82, 2.24) is 4.90 Å². The van der Waals surface area contributed by atoms with E-state index in [2.05, 4.69) is 12.7 Å². The molecule has 1 aromatic carbocycles. The quantitative estimate of drug-likeness (QED) is 0.725. The van der Waals surface area contributed by atoms with Crippen LogP contribution >= 0.6 is 11.6 Å². The Bertz CT molecular complexity index is 563. The van der Waals surface area contributed by atoms with E-state index in [-0.39, 0.29) is 38.5 Å². The Kier molecular flexibility index (Phi) is 5.97. The molecule has 4 heteroatoms. The summed E-state index contributed by atoms with van der Waals surface area (Å²) in [5.41, 5.74) is 3.49. The number of aryl methyl sites for hydroxylation is 1. The molecule has 0 unspecified atom stereocenters. The minimum absolute atomic E-state index is 0. The van der Waals surface area contributed by atoms with Gasteiger partial charge in [0.2, 0.25) is 0 Å². The monoisotopic (exact) mass is 351 g/mol. The van der Waals surface area contributed by atoms with Gasteiger partial charge >= 0.3 is 0 Å². The van der Waals surface area contributed by atoms with Gasteiger partial charge in [0, 0.05) is 39.8 Å². The average molecular weight is 352 g/mol. The van der Waals surface area contributed by atoms with E-state index in [4.69, 9.17) is 11.6 Å². The number of benzene rings is 1. The van der Waals surface area contributed by atoms with Crippen molar-refractivity contribution in [3.05, 3.63) is 64.6 Å². The smallest absolute Gasteiger partial charge is 0.121 e. The van der Waals surface area contributed by atoms with Crippen molar-refractivity contribution in [3.63, 3.8) is 0 Å². The summed E-state index contributed by atoms with van der Waals surface area (Å²) >= 11 is 6.00. The van der Waals surface area contributed by atoms with E-state index in [9.17, 15) is 4.39 Å². The second kappa shape index (κ2) is 6.83. The van der Waals surface area contributed by atoms with Gasteiger partial charge in [0.1, 0.15) is 5.82 Å². The molecule has 1 aromatic rings. The van der Waals surface area contributed by atoms with Gasteiger partial charge in [-0.15, -0.1) is 6.07 Å². The Labute approximate surface area is 143 Å². The van der Waals surface area contributed by atoms with E-state index in [1.165, 1.54) is 6.07 Å². The van der Waals surface area contributed by atoms with E-state index in [0.29, 0.717) is 5.03 Å². The summed E-state index contributed by atoms with van der Waals surface area (Å²) in [6.07, 6.45) is 5.58. The zero-order valence-electron chi connectivity index (χ0n) is 11.0. The molecular formula is C15H14ClFNY-. The third kappa shape index (κ3) is 3.36. The van der Waals surface area contributed by atoms with Gasteiger partial charge in [-0.05, 0) is 29.3 Å². The van der Waals surface area contributed by atoms with Crippen LogP contribution < -0.4 is 0 Å². The van der Waals surface area contributed by atoms with Crippen LogP contribution in [-0.2, 0) is 39.1 Å². The predicted octanol–water partition coefficient (Wildman–Crippen LogP) is 4.11. The molecule has 0 saturated heterocycles. The number of allylic oxidation sites excluding steroid dienone is 3. The predicted molar refractivity (Wildman–Crippen MR) is 73.3 cm³/mol. The van der Waals surface area contributed by atoms with Crippen molar-refractivity contribution < 1.29 is 37.1 Å². The van der Waals surface area contributed by atoms with Gasteiger partial charge < -0.3 is 4.90 Å². The first-order valence-electron chi connectivity index (χ1n) is 5.75. The molecule has 1 nitrogen and oxygen atoms in total. The number of nitrogens with zero attached hydrogens (tertiary/aromatic N) is 1. The average Bonchev–Trinajstić information content (AvgIpc) is 2.37. The number of halogens is 2. The molecule has 2 rings (SSSR count). The van der Waals surface area contributed by atoms with Crippen LogP contribution in [0.15, 0.2) is 41.6 Å². The van der Waals surface area contributed by atoms with Crippen LogP contribution in [-0.4, -0.2) is 11.9 Å². The van der Waals surface area contributed by atoms with Crippen molar-refractivity contribution in [3.8, 4) is 0 Å². The van der Waals surface area contributed by atoms with Crippen LogP contribution in [0.4, 0.5) is 4.39 Å². The van der Waals surface area contributed by atoms with Crippen LogP contribution in [0.25, 0.3) is 5.70 Å². The topological polar surface area (TPSA) is 3.24 Å². The van der Waals surface area contributed by atoms with Crippen LogP contribution in [0.1, 0.15) is 18.1 Å². The van der Waals surface area contributed by atoms with Crippen molar-refractivity contribution >= 4 is 17.3 Å². The Hall–Kier alpha value is -0.436. The second-order valence-electron chi connectivity index (χ2n) is 4.15. The summed E-state index contributed by atoms with van der Waals surface area (Å²) in [5, 5.41) is 0.571. The van der Waals surface area contributed by atoms with Crippen molar-refractivity contribution in [2.45, 2.75) is 13.3 Å². The van der Waals surface area contributed by atoms with E-state index in [1.54, 1.807) is 18.2 Å². The number of hydrogen-bond acceptors (Lipinski definition) is 1. The number of rotatable bonds is 2. The van der Waals surface area contributed by atoms with E-state index < -0.39 is 0 Å². The maximum atomic E-state index is 13.2. The first kappa shape index (κ1) is 16.6. The van der Waals surface area contributed by atoms with Gasteiger partial charge in [-0.3, -0.25) is 0 Å². The molecule has 0 amide bonds. The number of likely N-dealkylation sites (N-methyl/N-ethyl adjacent to an activating group) is 1. The second-order valence-corrected chi connectivity index (χ2v) is 4.55. The molecule has 0 saturated carbocycles. The number of hydrogen-bond donors (Lipinski definition) is 0. The summed E-state index contributed by atoms with van der Waals surface area (Å²) in [7, 11) is 1.88. The van der Waals surface area contributed by atoms with Gasteiger partial charge in [-0.2, -0.15) is 23.8 Å². The molecule has 1 heterocycles. The van der Waals surface area contributed by atoms with E-state index >= 15 is 0 Å². The zero-order valence-corrected chi connectivity index (χ0v) is 14.6. The summed E-state index contributed by atoms with van der Waals surface area (Å²) < 4.78 is 13.2. The molecule has 0 aromatic heterocycles. The van der Waals surface area contributed by atoms with Gasteiger partial charge in [0.25, 0.3) is 0 Å². The molecule has 0 N–H and O–H groups in total. The molecule has 0 spiro atoms. The zero-order chi connectivity index (χ0) is 13.3.